The molecule has 6 aliphatic heterocycles. The Bertz CT molecular complexity index is 2530. The van der Waals surface area contributed by atoms with Crippen LogP contribution in [0.25, 0.3) is 0 Å². The van der Waals surface area contributed by atoms with E-state index in [0.29, 0.717) is 75.9 Å². The van der Waals surface area contributed by atoms with Gasteiger partial charge in [0.25, 0.3) is 0 Å². The number of amides is 2. The van der Waals surface area contributed by atoms with Crippen LogP contribution in [0.1, 0.15) is 72.2 Å². The highest BCUT2D eigenvalue weighted by Crippen LogP contribution is 2.36. The van der Waals surface area contributed by atoms with E-state index in [1.54, 1.807) is 19.6 Å². The third-order valence-electron chi connectivity index (χ3n) is 12.5. The number of alkyl halides is 6. The van der Waals surface area contributed by atoms with Crippen molar-refractivity contribution in [2.24, 2.45) is 0 Å². The van der Waals surface area contributed by atoms with E-state index in [9.17, 15) is 45.5 Å². The molecule has 0 aromatic carbocycles. The number of ether oxygens (including phenoxy) is 2. The van der Waals surface area contributed by atoms with Crippen LogP contribution in [0.4, 0.5) is 58.9 Å². The SMILES string of the molecule is CCc1nc2c(c(N3CCC3)n1)CN(C(=O)OC1CN(c3ccnc(C(F)(F)F)c3)C1)C2.CCc1nc2c(c(N3CCC3)n1)CN(C(=O)OC1CN(c3ccnc(C(F)(F)F)c3)C1)C2.O=C(O)/C=C/C(=O)O. The topological polar surface area (TPSA) is 224 Å². The zero-order chi connectivity index (χ0) is 51.5. The van der Waals surface area contributed by atoms with Gasteiger partial charge in [0.2, 0.25) is 0 Å². The Hall–Kier alpha value is -7.54. The Morgan fingerprint density at radius 3 is 1.28 bits per heavy atom. The number of carboxylic acids is 2. The Kier molecular flexibility index (Phi) is 14.9. The van der Waals surface area contributed by atoms with E-state index >= 15 is 0 Å². The molecule has 0 unspecified atom stereocenters. The van der Waals surface area contributed by atoms with Gasteiger partial charge in [-0.05, 0) is 37.1 Å². The standard InChI is InChI=1S/2C21H23F3N6O2.C4H4O4/c2*1-2-18-26-16-12-30(11-15(16)19(27-18)28-6-3-7-28)20(31)32-14-9-29(10-14)13-4-5-25-17(8-13)21(22,23)24;5-3(6)1-2-4(7)8/h2*4-5,8,14H,2-3,6-7,9-12H2,1H3;1-2H,(H,5,6)(H,7,8)/b;;2-1+. The highest BCUT2D eigenvalue weighted by molar-refractivity contribution is 5.89. The molecule has 10 heterocycles. The van der Waals surface area contributed by atoms with Gasteiger partial charge in [-0.15, -0.1) is 0 Å². The molecule has 0 aliphatic carbocycles. The second-order valence-electron chi connectivity index (χ2n) is 17.5. The lowest BCUT2D eigenvalue weighted by atomic mass is 10.1. The Balaban J connectivity index is 0.000000168. The second kappa shape index (κ2) is 21.0. The van der Waals surface area contributed by atoms with Gasteiger partial charge in [-0.25, -0.2) is 39.1 Å². The maximum atomic E-state index is 12.9. The minimum Gasteiger partial charge on any atom is -0.478 e. The lowest BCUT2D eigenvalue weighted by molar-refractivity contribution is -0.141. The summed E-state index contributed by atoms with van der Waals surface area (Å²) in [4.78, 5) is 81.0. The van der Waals surface area contributed by atoms with Gasteiger partial charge in [-0.3, -0.25) is 19.8 Å². The van der Waals surface area contributed by atoms with Crippen LogP contribution in [-0.2, 0) is 70.4 Å². The van der Waals surface area contributed by atoms with Gasteiger partial charge in [0.05, 0.1) is 63.7 Å². The first-order chi connectivity index (χ1) is 34.3. The molecule has 0 bridgehead atoms. The summed E-state index contributed by atoms with van der Waals surface area (Å²) < 4.78 is 88.4. The first-order valence-electron chi connectivity index (χ1n) is 23.1. The quantitative estimate of drug-likeness (QED) is 0.143. The van der Waals surface area contributed by atoms with Crippen LogP contribution in [0.5, 0.6) is 0 Å². The minimum atomic E-state index is -4.49. The number of hydrogen-bond acceptors (Lipinski definition) is 16. The number of aromatic nitrogens is 6. The maximum absolute atomic E-state index is 12.9. The van der Waals surface area contributed by atoms with Crippen molar-refractivity contribution in [3.63, 3.8) is 0 Å². The molecule has 0 radical (unpaired) electrons. The number of carboxylic acid groups (broad SMARTS) is 2. The zero-order valence-electron chi connectivity index (χ0n) is 39.1. The van der Waals surface area contributed by atoms with Crippen molar-refractivity contribution in [1.29, 1.82) is 0 Å². The molecular formula is C46H50F6N12O8. The fourth-order valence-electron chi connectivity index (χ4n) is 8.29. The molecule has 4 aromatic heterocycles. The van der Waals surface area contributed by atoms with E-state index < -0.39 is 47.9 Å². The number of hydrogen-bond donors (Lipinski definition) is 2. The summed E-state index contributed by atoms with van der Waals surface area (Å²) in [5, 5.41) is 15.6. The predicted molar refractivity (Wildman–Crippen MR) is 243 cm³/mol. The molecule has 10 rings (SSSR count). The number of fused-ring (bicyclic) bond motifs is 2. The third-order valence-corrected chi connectivity index (χ3v) is 12.5. The third kappa shape index (κ3) is 11.8. The summed E-state index contributed by atoms with van der Waals surface area (Å²) in [5.41, 5.74) is 2.64. The molecule has 72 heavy (non-hydrogen) atoms. The van der Waals surface area contributed by atoms with Crippen LogP contribution in [0.2, 0.25) is 0 Å². The Morgan fingerprint density at radius 2 is 0.972 bits per heavy atom. The summed E-state index contributed by atoms with van der Waals surface area (Å²) in [6, 6.07) is 5.06. The minimum absolute atomic E-state index is 0.340. The van der Waals surface area contributed by atoms with Gasteiger partial charge >= 0.3 is 36.5 Å². The lowest BCUT2D eigenvalue weighted by Crippen LogP contribution is -2.54. The zero-order valence-corrected chi connectivity index (χ0v) is 39.1. The van der Waals surface area contributed by atoms with Crippen molar-refractivity contribution < 1.29 is 65.2 Å². The summed E-state index contributed by atoms with van der Waals surface area (Å²) >= 11 is 0. The number of carbonyl (C=O) groups is 4. The van der Waals surface area contributed by atoms with Gasteiger partial charge in [0.1, 0.15) is 46.9 Å². The molecule has 4 aromatic rings. The number of nitrogens with zero attached hydrogens (tertiary/aromatic N) is 12. The highest BCUT2D eigenvalue weighted by Gasteiger charge is 2.40. The van der Waals surface area contributed by atoms with Crippen LogP contribution >= 0.6 is 0 Å². The largest absolute Gasteiger partial charge is 0.478 e. The lowest BCUT2D eigenvalue weighted by Gasteiger charge is -2.40. The maximum Gasteiger partial charge on any atom is 0.433 e. The van der Waals surface area contributed by atoms with Crippen molar-refractivity contribution in [3.05, 3.63) is 94.4 Å². The first kappa shape index (κ1) is 50.8. The average molecular weight is 1010 g/mol. The summed E-state index contributed by atoms with van der Waals surface area (Å²) in [6.45, 7) is 10.8. The van der Waals surface area contributed by atoms with Crippen LogP contribution in [0.15, 0.2) is 48.8 Å². The number of aliphatic carboxylic acids is 2. The molecule has 26 heteroatoms. The Morgan fingerprint density at radius 1 is 0.597 bits per heavy atom. The van der Waals surface area contributed by atoms with E-state index in [1.807, 2.05) is 13.8 Å². The van der Waals surface area contributed by atoms with Crippen molar-refractivity contribution in [1.82, 2.24) is 39.7 Å². The number of rotatable bonds is 10. The molecule has 0 atom stereocenters. The van der Waals surface area contributed by atoms with Gasteiger partial charge in [-0.1, -0.05) is 13.8 Å². The van der Waals surface area contributed by atoms with Crippen molar-refractivity contribution in [2.45, 2.75) is 90.3 Å². The molecular weight excluding hydrogens is 963 g/mol. The summed E-state index contributed by atoms with van der Waals surface area (Å²) in [7, 11) is 0. The molecule has 0 saturated carbocycles. The van der Waals surface area contributed by atoms with Crippen LogP contribution in [0.3, 0.4) is 0 Å². The smallest absolute Gasteiger partial charge is 0.433 e. The molecule has 6 aliphatic rings. The van der Waals surface area contributed by atoms with E-state index in [2.05, 4.69) is 39.7 Å². The van der Waals surface area contributed by atoms with Gasteiger partial charge in [0, 0.05) is 86.1 Å². The summed E-state index contributed by atoms with van der Waals surface area (Å²) in [6.07, 6.45) is -3.51. The fourth-order valence-corrected chi connectivity index (χ4v) is 8.29. The number of aryl methyl sites for hydroxylation is 2. The monoisotopic (exact) mass is 1010 g/mol. The van der Waals surface area contributed by atoms with Crippen LogP contribution in [-0.4, -0.2) is 139 Å². The predicted octanol–water partition coefficient (Wildman–Crippen LogP) is 5.72. The number of pyridine rings is 2. The van der Waals surface area contributed by atoms with Crippen LogP contribution < -0.4 is 19.6 Å². The number of anilines is 4. The van der Waals surface area contributed by atoms with Crippen molar-refractivity contribution in [2.75, 3.05) is 72.0 Å². The highest BCUT2D eigenvalue weighted by atomic mass is 19.4. The first-order valence-corrected chi connectivity index (χ1v) is 23.1. The van der Waals surface area contributed by atoms with Crippen LogP contribution in [0, 0.1) is 0 Å². The molecule has 2 amide bonds. The van der Waals surface area contributed by atoms with E-state index in [-0.39, 0.29) is 12.2 Å². The number of halogens is 6. The van der Waals surface area contributed by atoms with Gasteiger partial charge in [-0.2, -0.15) is 26.3 Å². The van der Waals surface area contributed by atoms with Gasteiger partial charge in [0.15, 0.2) is 0 Å². The van der Waals surface area contributed by atoms with E-state index in [4.69, 9.17) is 19.7 Å². The summed E-state index contributed by atoms with van der Waals surface area (Å²) in [5.74, 6) is 0.861. The van der Waals surface area contributed by atoms with E-state index in [1.165, 1.54) is 12.1 Å². The second-order valence-corrected chi connectivity index (χ2v) is 17.5. The molecule has 4 fully saturated rings. The normalized spacial score (nSPS) is 17.3. The average Bonchev–Trinajstić information content (AvgIpc) is 3.92. The Labute approximate surface area is 407 Å². The molecule has 4 saturated heterocycles. The molecule has 0 spiro atoms. The van der Waals surface area contributed by atoms with Gasteiger partial charge < -0.3 is 39.3 Å². The molecule has 384 valence electrons. The van der Waals surface area contributed by atoms with E-state index in [0.717, 1.165) is 122 Å². The fraction of sp³-hybridized carbons (Fsp3) is 0.478. The number of carbonyl (C=O) groups excluding carboxylic acids is 2. The van der Waals surface area contributed by atoms with Crippen molar-refractivity contribution in [3.8, 4) is 0 Å². The van der Waals surface area contributed by atoms with Crippen molar-refractivity contribution >= 4 is 47.1 Å². The molecule has 2 N–H and O–H groups in total. The molecule has 20 nitrogen and oxygen atoms in total.